The van der Waals surface area contributed by atoms with Crippen LogP contribution in [-0.4, -0.2) is 59.4 Å². The molecule has 12 heteroatoms. The van der Waals surface area contributed by atoms with Crippen molar-refractivity contribution in [1.29, 1.82) is 0 Å². The molecule has 0 bridgehead atoms. The number of aromatic nitrogens is 1. The Morgan fingerprint density at radius 3 is 2.79 bits per heavy atom. The van der Waals surface area contributed by atoms with Gasteiger partial charge in [0.05, 0.1) is 10.7 Å². The standard InChI is InChI=1S/C21H32ClN7O3S/c1-3-11-29(33(2,28-31)16-6-8-24-9-7-16)12-10-25-15-4-5-17(22)18(13-15)26-20(30)19-14-32-21(23)27-19/h4-5,13-14,16,24-25H,3,6-12H2,1-2H3,(H2,23,27)(H,26,30). The Morgan fingerprint density at radius 1 is 1.39 bits per heavy atom. The number of rotatable bonds is 11. The predicted octanol–water partition coefficient (Wildman–Crippen LogP) is 4.07. The minimum absolute atomic E-state index is 0.0682. The van der Waals surface area contributed by atoms with Gasteiger partial charge in [0.15, 0.2) is 5.69 Å². The van der Waals surface area contributed by atoms with Gasteiger partial charge in [-0.25, -0.2) is 4.31 Å². The number of anilines is 3. The molecule has 1 atom stereocenters. The Morgan fingerprint density at radius 2 is 2.15 bits per heavy atom. The molecule has 10 nitrogen and oxygen atoms in total. The smallest absolute Gasteiger partial charge is 0.292 e. The number of hydrogen-bond acceptors (Lipinski definition) is 9. The third kappa shape index (κ3) is 6.38. The first kappa shape index (κ1) is 25.3. The molecule has 2 aromatic rings. The maximum absolute atomic E-state index is 12.3. The molecular formula is C21H32ClN7O3S. The van der Waals surface area contributed by atoms with E-state index in [9.17, 15) is 9.70 Å². The van der Waals surface area contributed by atoms with Crippen molar-refractivity contribution in [2.24, 2.45) is 4.58 Å². The highest BCUT2D eigenvalue weighted by atomic mass is 35.5. The molecule has 2 heterocycles. The summed E-state index contributed by atoms with van der Waals surface area (Å²) in [4.78, 5) is 28.2. The van der Waals surface area contributed by atoms with E-state index in [4.69, 9.17) is 21.8 Å². The van der Waals surface area contributed by atoms with Crippen LogP contribution in [0, 0.1) is 4.91 Å². The van der Waals surface area contributed by atoms with Crippen LogP contribution in [0.15, 0.2) is 33.5 Å². The monoisotopic (exact) mass is 497 g/mol. The lowest BCUT2D eigenvalue weighted by Crippen LogP contribution is -2.41. The average molecular weight is 498 g/mol. The zero-order valence-electron chi connectivity index (χ0n) is 19.0. The van der Waals surface area contributed by atoms with Crippen molar-refractivity contribution in [3.05, 3.63) is 40.1 Å². The van der Waals surface area contributed by atoms with Crippen LogP contribution in [0.2, 0.25) is 5.02 Å². The second-order valence-corrected chi connectivity index (χ2v) is 11.5. The van der Waals surface area contributed by atoms with Crippen LogP contribution < -0.4 is 21.7 Å². The maximum Gasteiger partial charge on any atom is 0.292 e. The van der Waals surface area contributed by atoms with E-state index >= 15 is 0 Å². The lowest BCUT2D eigenvalue weighted by molar-refractivity contribution is 0.102. The molecule has 0 radical (unpaired) electrons. The first-order chi connectivity index (χ1) is 15.9. The number of nitrogen functional groups attached to an aromatic ring is 1. The molecule has 5 N–H and O–H groups in total. The highest BCUT2D eigenvalue weighted by Crippen LogP contribution is 2.56. The van der Waals surface area contributed by atoms with Crippen LogP contribution in [-0.2, 0) is 0 Å². The van der Waals surface area contributed by atoms with E-state index in [-0.39, 0.29) is 11.7 Å². The fourth-order valence-electron chi connectivity index (χ4n) is 3.93. The van der Waals surface area contributed by atoms with E-state index in [1.54, 1.807) is 12.1 Å². The SMILES string of the molecule is CCCN(CCNc1ccc(Cl)c(NC(=O)c2coc(N)n2)c1)S(C)(N=O)C1CCNCC1. The summed E-state index contributed by atoms with van der Waals surface area (Å²) in [6, 6.07) is 5.22. The summed E-state index contributed by atoms with van der Waals surface area (Å²) in [7, 11) is -1.78. The van der Waals surface area contributed by atoms with Gasteiger partial charge in [0.2, 0.25) is 0 Å². The van der Waals surface area contributed by atoms with Gasteiger partial charge < -0.3 is 26.1 Å². The molecule has 1 aromatic carbocycles. The first-order valence-electron chi connectivity index (χ1n) is 11.0. The van der Waals surface area contributed by atoms with Gasteiger partial charge in [0.1, 0.15) is 6.26 Å². The number of hydrogen-bond donors (Lipinski definition) is 4. The Kier molecular flexibility index (Phi) is 8.95. The van der Waals surface area contributed by atoms with Crippen molar-refractivity contribution >= 4 is 45.3 Å². The molecule has 182 valence electrons. The molecule has 1 aliphatic rings. The van der Waals surface area contributed by atoms with E-state index in [0.29, 0.717) is 29.0 Å². The summed E-state index contributed by atoms with van der Waals surface area (Å²) in [5.74, 6) is -0.470. The second-order valence-electron chi connectivity index (χ2n) is 7.99. The fourth-order valence-corrected chi connectivity index (χ4v) is 6.87. The lowest BCUT2D eigenvalue weighted by Gasteiger charge is -2.46. The quantitative estimate of drug-likeness (QED) is 0.341. The van der Waals surface area contributed by atoms with Crippen molar-refractivity contribution in [2.45, 2.75) is 31.4 Å². The van der Waals surface area contributed by atoms with Gasteiger partial charge in [0, 0.05) is 30.6 Å². The Labute approximate surface area is 200 Å². The van der Waals surface area contributed by atoms with Gasteiger partial charge in [-0.1, -0.05) is 18.5 Å². The summed E-state index contributed by atoms with van der Waals surface area (Å²) in [5.41, 5.74) is 6.73. The van der Waals surface area contributed by atoms with Crippen molar-refractivity contribution in [1.82, 2.24) is 14.6 Å². The molecule has 1 amide bonds. The number of halogens is 1. The number of oxazole rings is 1. The molecule has 1 unspecified atom stereocenters. The summed E-state index contributed by atoms with van der Waals surface area (Å²) >= 11 is 6.26. The van der Waals surface area contributed by atoms with Crippen LogP contribution in [0.5, 0.6) is 0 Å². The van der Waals surface area contributed by atoms with Gasteiger partial charge in [-0.3, -0.25) is 4.79 Å². The normalized spacial score (nSPS) is 17.3. The second kappa shape index (κ2) is 11.7. The summed E-state index contributed by atoms with van der Waals surface area (Å²) in [6.45, 7) is 6.12. The minimum atomic E-state index is -1.78. The van der Waals surface area contributed by atoms with Crippen LogP contribution in [0.1, 0.15) is 36.7 Å². The van der Waals surface area contributed by atoms with Gasteiger partial charge >= 0.3 is 0 Å². The van der Waals surface area contributed by atoms with Crippen molar-refractivity contribution in [2.75, 3.05) is 55.3 Å². The molecular weight excluding hydrogens is 466 g/mol. The summed E-state index contributed by atoms with van der Waals surface area (Å²) in [5, 5.41) is 10.2. The molecule has 1 saturated heterocycles. The fraction of sp³-hybridized carbons (Fsp3) is 0.524. The molecule has 1 fully saturated rings. The molecule has 1 aromatic heterocycles. The van der Waals surface area contributed by atoms with Crippen molar-refractivity contribution in [3.63, 3.8) is 0 Å². The number of piperidine rings is 1. The minimum Gasteiger partial charge on any atom is -0.431 e. The van der Waals surface area contributed by atoms with E-state index in [1.807, 2.05) is 12.3 Å². The van der Waals surface area contributed by atoms with E-state index in [1.165, 1.54) is 6.26 Å². The van der Waals surface area contributed by atoms with Crippen molar-refractivity contribution < 1.29 is 9.21 Å². The third-order valence-electron chi connectivity index (χ3n) is 5.72. The number of benzene rings is 1. The molecule has 3 rings (SSSR count). The molecule has 0 saturated carbocycles. The van der Waals surface area contributed by atoms with E-state index < -0.39 is 16.3 Å². The number of carbonyl (C=O) groups is 1. The van der Waals surface area contributed by atoms with Crippen LogP contribution in [0.25, 0.3) is 0 Å². The zero-order chi connectivity index (χ0) is 23.8. The molecule has 0 spiro atoms. The predicted molar refractivity (Wildman–Crippen MR) is 136 cm³/mol. The first-order valence-corrected chi connectivity index (χ1v) is 13.4. The number of nitrogens with one attached hydrogen (secondary N) is 3. The number of amides is 1. The van der Waals surface area contributed by atoms with Gasteiger partial charge in [-0.05, 0) is 71.8 Å². The van der Waals surface area contributed by atoms with Crippen LogP contribution in [0.3, 0.4) is 0 Å². The van der Waals surface area contributed by atoms with E-state index in [0.717, 1.165) is 44.6 Å². The zero-order valence-corrected chi connectivity index (χ0v) is 20.5. The lowest BCUT2D eigenvalue weighted by atomic mass is 10.2. The van der Waals surface area contributed by atoms with Gasteiger partial charge in [-0.15, -0.1) is 4.91 Å². The van der Waals surface area contributed by atoms with Crippen molar-refractivity contribution in [3.8, 4) is 0 Å². The summed E-state index contributed by atoms with van der Waals surface area (Å²) < 4.78 is 10.8. The number of carbonyl (C=O) groups excluding carboxylic acids is 1. The Balaban J connectivity index is 1.63. The highest BCUT2D eigenvalue weighted by Gasteiger charge is 2.36. The van der Waals surface area contributed by atoms with Gasteiger partial charge in [-0.2, -0.15) is 4.98 Å². The van der Waals surface area contributed by atoms with Crippen LogP contribution >= 0.6 is 22.0 Å². The molecule has 1 aliphatic heterocycles. The van der Waals surface area contributed by atoms with E-state index in [2.05, 4.69) is 36.7 Å². The number of nitroso groups, excluding NO2 is 1. The highest BCUT2D eigenvalue weighted by molar-refractivity contribution is 8.30. The third-order valence-corrected chi connectivity index (χ3v) is 9.50. The molecule has 33 heavy (non-hydrogen) atoms. The molecule has 0 aliphatic carbocycles. The number of nitrogens with zero attached hydrogens (tertiary/aromatic N) is 3. The summed E-state index contributed by atoms with van der Waals surface area (Å²) in [6.07, 6.45) is 6.13. The largest absolute Gasteiger partial charge is 0.431 e. The van der Waals surface area contributed by atoms with Gasteiger partial charge in [0.25, 0.3) is 11.9 Å². The number of nitrogens with two attached hydrogens (primary N) is 1. The van der Waals surface area contributed by atoms with Crippen LogP contribution in [0.4, 0.5) is 17.4 Å². The Hall–Kier alpha value is -2.34. The topological polar surface area (TPSA) is 138 Å². The average Bonchev–Trinajstić information content (AvgIpc) is 3.27. The Bertz CT molecular complexity index is 954. The maximum atomic E-state index is 12.3.